The van der Waals surface area contributed by atoms with E-state index < -0.39 is 0 Å². The van der Waals surface area contributed by atoms with E-state index in [2.05, 4.69) is 50.4 Å². The molecule has 1 N–H and O–H groups in total. The molecule has 1 fully saturated rings. The topological polar surface area (TPSA) is 12.0 Å². The molecule has 1 aliphatic carbocycles. The van der Waals surface area contributed by atoms with Crippen LogP contribution < -0.4 is 5.32 Å². The number of nitrogens with one attached hydrogen (secondary N) is 1. The predicted octanol–water partition coefficient (Wildman–Crippen LogP) is 3.56. The van der Waals surface area contributed by atoms with Crippen LogP contribution in [0.1, 0.15) is 37.8 Å². The Labute approximate surface area is 106 Å². The molecule has 0 bridgehead atoms. The molecule has 0 radical (unpaired) electrons. The van der Waals surface area contributed by atoms with Gasteiger partial charge in [-0.05, 0) is 55.7 Å². The third kappa shape index (κ3) is 3.32. The first kappa shape index (κ1) is 12.6. The molecular weight excluding hydrogens is 206 g/mol. The van der Waals surface area contributed by atoms with Gasteiger partial charge in [-0.15, -0.1) is 0 Å². The maximum Gasteiger partial charge on any atom is 0.0138 e. The highest BCUT2D eigenvalue weighted by atomic mass is 14.9. The SMILES string of the molecule is CCCNC(Cc1ccccc1C)C1CC1C. The van der Waals surface area contributed by atoms with Crippen LogP contribution in [0.5, 0.6) is 0 Å². The summed E-state index contributed by atoms with van der Waals surface area (Å²) >= 11 is 0. The fourth-order valence-electron chi connectivity index (χ4n) is 2.69. The van der Waals surface area contributed by atoms with E-state index >= 15 is 0 Å². The van der Waals surface area contributed by atoms with Gasteiger partial charge in [-0.3, -0.25) is 0 Å². The maximum absolute atomic E-state index is 3.74. The Kier molecular flexibility index (Phi) is 4.22. The number of hydrogen-bond donors (Lipinski definition) is 1. The van der Waals surface area contributed by atoms with Crippen molar-refractivity contribution in [3.05, 3.63) is 35.4 Å². The van der Waals surface area contributed by atoms with Crippen molar-refractivity contribution in [2.24, 2.45) is 11.8 Å². The highest BCUT2D eigenvalue weighted by Gasteiger charge is 2.38. The first-order chi connectivity index (χ1) is 8.22. The van der Waals surface area contributed by atoms with Crippen LogP contribution in [0.15, 0.2) is 24.3 Å². The lowest BCUT2D eigenvalue weighted by Gasteiger charge is -2.19. The molecule has 94 valence electrons. The first-order valence-electron chi connectivity index (χ1n) is 7.00. The fraction of sp³-hybridized carbons (Fsp3) is 0.625. The molecule has 1 aromatic rings. The van der Waals surface area contributed by atoms with Gasteiger partial charge in [0.1, 0.15) is 0 Å². The fourth-order valence-corrected chi connectivity index (χ4v) is 2.69. The molecule has 3 atom stereocenters. The molecule has 0 amide bonds. The summed E-state index contributed by atoms with van der Waals surface area (Å²) in [6, 6.07) is 9.49. The van der Waals surface area contributed by atoms with Crippen LogP contribution >= 0.6 is 0 Å². The lowest BCUT2D eigenvalue weighted by Crippen LogP contribution is -2.34. The summed E-state index contributed by atoms with van der Waals surface area (Å²) in [5.41, 5.74) is 2.95. The zero-order chi connectivity index (χ0) is 12.3. The molecule has 0 aromatic heterocycles. The summed E-state index contributed by atoms with van der Waals surface area (Å²) < 4.78 is 0. The van der Waals surface area contributed by atoms with Crippen molar-refractivity contribution >= 4 is 0 Å². The van der Waals surface area contributed by atoms with Crippen LogP contribution in [-0.4, -0.2) is 12.6 Å². The standard InChI is InChI=1S/C16H25N/c1-4-9-17-16(15-10-13(15)3)11-14-8-6-5-7-12(14)2/h5-8,13,15-17H,4,9-11H2,1-3H3. The van der Waals surface area contributed by atoms with Crippen LogP contribution in [0.3, 0.4) is 0 Å². The van der Waals surface area contributed by atoms with Crippen molar-refractivity contribution in [3.8, 4) is 0 Å². The molecule has 1 aliphatic rings. The highest BCUT2D eigenvalue weighted by molar-refractivity contribution is 5.26. The summed E-state index contributed by atoms with van der Waals surface area (Å²) in [5, 5.41) is 3.74. The van der Waals surface area contributed by atoms with Crippen LogP contribution in [0.25, 0.3) is 0 Å². The molecule has 1 nitrogen and oxygen atoms in total. The first-order valence-corrected chi connectivity index (χ1v) is 7.00. The van der Waals surface area contributed by atoms with Gasteiger partial charge in [-0.25, -0.2) is 0 Å². The molecule has 0 aliphatic heterocycles. The van der Waals surface area contributed by atoms with E-state index in [0.717, 1.165) is 18.4 Å². The smallest absolute Gasteiger partial charge is 0.0138 e. The van der Waals surface area contributed by atoms with Gasteiger partial charge >= 0.3 is 0 Å². The van der Waals surface area contributed by atoms with E-state index in [9.17, 15) is 0 Å². The molecule has 0 heterocycles. The van der Waals surface area contributed by atoms with Gasteiger partial charge < -0.3 is 5.32 Å². The Hall–Kier alpha value is -0.820. The van der Waals surface area contributed by atoms with Crippen LogP contribution in [0, 0.1) is 18.8 Å². The van der Waals surface area contributed by atoms with Crippen molar-refractivity contribution in [1.29, 1.82) is 0 Å². The number of hydrogen-bond acceptors (Lipinski definition) is 1. The van der Waals surface area contributed by atoms with Gasteiger partial charge in [0, 0.05) is 6.04 Å². The van der Waals surface area contributed by atoms with Gasteiger partial charge in [0.15, 0.2) is 0 Å². The summed E-state index contributed by atoms with van der Waals surface area (Å²) in [6.07, 6.45) is 3.83. The average Bonchev–Trinajstić information content (AvgIpc) is 3.04. The molecular formula is C16H25N. The van der Waals surface area contributed by atoms with Crippen LogP contribution in [0.4, 0.5) is 0 Å². The Morgan fingerprint density at radius 1 is 1.35 bits per heavy atom. The lowest BCUT2D eigenvalue weighted by atomic mass is 9.97. The van der Waals surface area contributed by atoms with E-state index in [-0.39, 0.29) is 0 Å². The Morgan fingerprint density at radius 2 is 2.06 bits per heavy atom. The van der Waals surface area contributed by atoms with Gasteiger partial charge in [0.2, 0.25) is 0 Å². The van der Waals surface area contributed by atoms with Crippen molar-refractivity contribution in [3.63, 3.8) is 0 Å². The predicted molar refractivity (Wildman–Crippen MR) is 74.2 cm³/mol. The summed E-state index contributed by atoms with van der Waals surface area (Å²) in [6.45, 7) is 8.00. The van der Waals surface area contributed by atoms with E-state index in [1.807, 2.05) is 0 Å². The normalized spacial score (nSPS) is 24.6. The zero-order valence-corrected chi connectivity index (χ0v) is 11.4. The Morgan fingerprint density at radius 3 is 2.65 bits per heavy atom. The lowest BCUT2D eigenvalue weighted by molar-refractivity contribution is 0.443. The van der Waals surface area contributed by atoms with Gasteiger partial charge in [0.05, 0.1) is 0 Å². The average molecular weight is 231 g/mol. The molecule has 17 heavy (non-hydrogen) atoms. The highest BCUT2D eigenvalue weighted by Crippen LogP contribution is 2.41. The molecule has 0 spiro atoms. The van der Waals surface area contributed by atoms with E-state index in [1.54, 1.807) is 0 Å². The van der Waals surface area contributed by atoms with Gasteiger partial charge in [-0.1, -0.05) is 38.1 Å². The minimum Gasteiger partial charge on any atom is -0.313 e. The minimum atomic E-state index is 0.686. The molecule has 3 unspecified atom stereocenters. The van der Waals surface area contributed by atoms with E-state index in [0.29, 0.717) is 6.04 Å². The second-order valence-corrected chi connectivity index (χ2v) is 5.57. The number of rotatable bonds is 6. The minimum absolute atomic E-state index is 0.686. The molecule has 2 rings (SSSR count). The third-order valence-corrected chi connectivity index (χ3v) is 4.05. The monoisotopic (exact) mass is 231 g/mol. The largest absolute Gasteiger partial charge is 0.313 e. The van der Waals surface area contributed by atoms with Gasteiger partial charge in [0.25, 0.3) is 0 Å². The molecule has 1 heteroatoms. The van der Waals surface area contributed by atoms with Crippen molar-refractivity contribution in [2.75, 3.05) is 6.54 Å². The van der Waals surface area contributed by atoms with Crippen molar-refractivity contribution < 1.29 is 0 Å². The van der Waals surface area contributed by atoms with Crippen LogP contribution in [0.2, 0.25) is 0 Å². The molecule has 0 saturated heterocycles. The van der Waals surface area contributed by atoms with Crippen molar-refractivity contribution in [1.82, 2.24) is 5.32 Å². The number of aryl methyl sites for hydroxylation is 1. The van der Waals surface area contributed by atoms with Gasteiger partial charge in [-0.2, -0.15) is 0 Å². The second-order valence-electron chi connectivity index (χ2n) is 5.57. The summed E-state index contributed by atoms with van der Waals surface area (Å²) in [5.74, 6) is 1.83. The van der Waals surface area contributed by atoms with E-state index in [1.165, 1.54) is 30.4 Å². The Balaban J connectivity index is 1.99. The molecule has 1 saturated carbocycles. The zero-order valence-electron chi connectivity index (χ0n) is 11.4. The quantitative estimate of drug-likeness (QED) is 0.789. The summed E-state index contributed by atoms with van der Waals surface area (Å²) in [7, 11) is 0. The number of benzene rings is 1. The summed E-state index contributed by atoms with van der Waals surface area (Å²) in [4.78, 5) is 0. The second kappa shape index (κ2) is 5.68. The maximum atomic E-state index is 3.74. The van der Waals surface area contributed by atoms with Crippen molar-refractivity contribution in [2.45, 2.75) is 46.1 Å². The molecule has 1 aromatic carbocycles. The van der Waals surface area contributed by atoms with Crippen LogP contribution in [-0.2, 0) is 6.42 Å². The Bertz CT molecular complexity index is 358. The third-order valence-electron chi connectivity index (χ3n) is 4.05. The van der Waals surface area contributed by atoms with E-state index in [4.69, 9.17) is 0 Å².